The maximum Gasteiger partial charge on any atom is 0.129 e. The molecule has 0 aliphatic heterocycles. The highest BCUT2D eigenvalue weighted by molar-refractivity contribution is 5.74. The molecule has 3 aromatic rings. The summed E-state index contributed by atoms with van der Waals surface area (Å²) in [7, 11) is 0. The van der Waals surface area contributed by atoms with Crippen molar-refractivity contribution in [2.24, 2.45) is 0 Å². The molecule has 0 fully saturated rings. The Bertz CT molecular complexity index is 786. The number of carbonyl (C=O) groups excluding carboxylic acids is 1. The Labute approximate surface area is 122 Å². The van der Waals surface area contributed by atoms with E-state index in [2.05, 4.69) is 15.0 Å². The van der Waals surface area contributed by atoms with E-state index in [9.17, 15) is 4.79 Å². The summed E-state index contributed by atoms with van der Waals surface area (Å²) in [6.07, 6.45) is 4.92. The Balaban J connectivity index is 1.90. The van der Waals surface area contributed by atoms with Gasteiger partial charge >= 0.3 is 0 Å². The third-order valence-electron chi connectivity index (χ3n) is 3.44. The molecule has 1 aromatic carbocycles. The Hall–Kier alpha value is -2.62. The average Bonchev–Trinajstić information content (AvgIpc) is 2.52. The minimum atomic E-state index is -0.237. The fourth-order valence-corrected chi connectivity index (χ4v) is 2.38. The van der Waals surface area contributed by atoms with Crippen LogP contribution in [0, 0.1) is 6.92 Å². The zero-order chi connectivity index (χ0) is 14.7. The normalized spacial score (nSPS) is 12.2. The molecule has 1 atom stereocenters. The zero-order valence-corrected chi connectivity index (χ0v) is 11.7. The van der Waals surface area contributed by atoms with Gasteiger partial charge in [0, 0.05) is 18.1 Å². The predicted octanol–water partition coefficient (Wildman–Crippen LogP) is 2.86. The van der Waals surface area contributed by atoms with Crippen molar-refractivity contribution >= 4 is 17.3 Å². The van der Waals surface area contributed by atoms with E-state index in [0.29, 0.717) is 6.42 Å². The number of carbonyl (C=O) groups is 1. The summed E-state index contributed by atoms with van der Waals surface area (Å²) in [5.41, 5.74) is 4.49. The number of aromatic nitrogens is 3. The highest BCUT2D eigenvalue weighted by atomic mass is 16.1. The van der Waals surface area contributed by atoms with E-state index < -0.39 is 0 Å². The van der Waals surface area contributed by atoms with Crippen LogP contribution in [0.4, 0.5) is 0 Å². The highest BCUT2D eigenvalue weighted by Gasteiger charge is 2.13. The summed E-state index contributed by atoms with van der Waals surface area (Å²) in [5, 5.41) is 0. The molecule has 0 spiro atoms. The average molecular weight is 277 g/mol. The first-order valence-electron chi connectivity index (χ1n) is 6.85. The fraction of sp³-hybridized carbons (Fsp3) is 0.176. The minimum Gasteiger partial charge on any atom is -0.303 e. The Morgan fingerprint density at radius 1 is 1.10 bits per heavy atom. The second-order valence-corrected chi connectivity index (χ2v) is 5.03. The number of pyridine rings is 1. The van der Waals surface area contributed by atoms with Crippen LogP contribution in [0.25, 0.3) is 11.0 Å². The molecule has 0 saturated carbocycles. The number of aryl methyl sites for hydroxylation is 1. The Morgan fingerprint density at radius 2 is 1.90 bits per heavy atom. The lowest BCUT2D eigenvalue weighted by Crippen LogP contribution is -2.07. The molecule has 21 heavy (non-hydrogen) atoms. The van der Waals surface area contributed by atoms with Crippen LogP contribution < -0.4 is 0 Å². The molecule has 0 saturated heterocycles. The van der Waals surface area contributed by atoms with Gasteiger partial charge in [0.2, 0.25) is 0 Å². The van der Waals surface area contributed by atoms with Crippen LogP contribution in [-0.2, 0) is 11.2 Å². The first-order valence-corrected chi connectivity index (χ1v) is 6.85. The van der Waals surface area contributed by atoms with Crippen molar-refractivity contribution in [2.75, 3.05) is 0 Å². The lowest BCUT2D eigenvalue weighted by Gasteiger charge is -2.11. The van der Waals surface area contributed by atoms with E-state index in [1.807, 2.05) is 43.3 Å². The molecule has 0 N–H and O–H groups in total. The number of benzene rings is 1. The van der Waals surface area contributed by atoms with Crippen molar-refractivity contribution in [1.82, 2.24) is 15.0 Å². The van der Waals surface area contributed by atoms with Crippen molar-refractivity contribution in [1.29, 1.82) is 0 Å². The maximum absolute atomic E-state index is 11.4. The zero-order valence-electron chi connectivity index (χ0n) is 11.7. The van der Waals surface area contributed by atoms with E-state index in [1.54, 1.807) is 12.4 Å². The van der Waals surface area contributed by atoms with E-state index in [0.717, 1.165) is 34.3 Å². The van der Waals surface area contributed by atoms with Gasteiger partial charge in [0.05, 0.1) is 22.6 Å². The van der Waals surface area contributed by atoms with E-state index in [4.69, 9.17) is 0 Å². The molecule has 4 nitrogen and oxygen atoms in total. The van der Waals surface area contributed by atoms with Gasteiger partial charge in [-0.2, -0.15) is 0 Å². The monoisotopic (exact) mass is 277 g/mol. The van der Waals surface area contributed by atoms with Crippen LogP contribution in [0.1, 0.15) is 22.9 Å². The van der Waals surface area contributed by atoms with Gasteiger partial charge in [-0.1, -0.05) is 12.1 Å². The summed E-state index contributed by atoms with van der Waals surface area (Å²) in [4.78, 5) is 24.4. The molecule has 4 heteroatoms. The fourth-order valence-electron chi connectivity index (χ4n) is 2.38. The molecular formula is C17H15N3O. The Kier molecular flexibility index (Phi) is 3.69. The third-order valence-corrected chi connectivity index (χ3v) is 3.44. The topological polar surface area (TPSA) is 55.7 Å². The molecular weight excluding hydrogens is 262 g/mol. The number of hydrogen-bond donors (Lipinski definition) is 0. The van der Waals surface area contributed by atoms with Crippen LogP contribution in [0.15, 0.2) is 48.8 Å². The van der Waals surface area contributed by atoms with E-state index in [1.165, 1.54) is 0 Å². The van der Waals surface area contributed by atoms with Crippen molar-refractivity contribution in [3.05, 3.63) is 65.7 Å². The smallest absolute Gasteiger partial charge is 0.129 e. The molecule has 0 amide bonds. The van der Waals surface area contributed by atoms with Gasteiger partial charge in [-0.25, -0.2) is 0 Å². The molecule has 104 valence electrons. The van der Waals surface area contributed by atoms with Gasteiger partial charge in [0.1, 0.15) is 6.29 Å². The van der Waals surface area contributed by atoms with Gasteiger partial charge in [-0.3, -0.25) is 15.0 Å². The number of aldehydes is 1. The maximum atomic E-state index is 11.4. The van der Waals surface area contributed by atoms with E-state index >= 15 is 0 Å². The number of hydrogen-bond acceptors (Lipinski definition) is 4. The first kappa shape index (κ1) is 13.4. The van der Waals surface area contributed by atoms with Gasteiger partial charge in [-0.15, -0.1) is 0 Å². The van der Waals surface area contributed by atoms with Crippen LogP contribution in [0.2, 0.25) is 0 Å². The first-order chi connectivity index (χ1) is 10.3. The van der Waals surface area contributed by atoms with Gasteiger partial charge < -0.3 is 4.79 Å². The molecule has 3 rings (SSSR count). The number of rotatable bonds is 4. The Morgan fingerprint density at radius 3 is 2.67 bits per heavy atom. The van der Waals surface area contributed by atoms with Crippen LogP contribution >= 0.6 is 0 Å². The SMILES string of the molecule is Cc1cccc(C(C=O)Cc2ccc3nccnc3c2)n1. The predicted molar refractivity (Wildman–Crippen MR) is 81.0 cm³/mol. The molecule has 2 heterocycles. The lowest BCUT2D eigenvalue weighted by atomic mass is 9.96. The van der Waals surface area contributed by atoms with Crippen LogP contribution in [-0.4, -0.2) is 21.2 Å². The van der Waals surface area contributed by atoms with Crippen molar-refractivity contribution < 1.29 is 4.79 Å². The molecule has 0 aliphatic rings. The molecule has 0 bridgehead atoms. The van der Waals surface area contributed by atoms with Crippen molar-refractivity contribution in [3.8, 4) is 0 Å². The van der Waals surface area contributed by atoms with Crippen LogP contribution in [0.5, 0.6) is 0 Å². The second-order valence-electron chi connectivity index (χ2n) is 5.03. The molecule has 0 radical (unpaired) electrons. The quantitative estimate of drug-likeness (QED) is 0.688. The molecule has 0 aliphatic carbocycles. The summed E-state index contributed by atoms with van der Waals surface area (Å²) in [6.45, 7) is 1.93. The van der Waals surface area contributed by atoms with Crippen molar-refractivity contribution in [2.45, 2.75) is 19.3 Å². The summed E-state index contributed by atoms with van der Waals surface area (Å²) < 4.78 is 0. The lowest BCUT2D eigenvalue weighted by molar-refractivity contribution is -0.109. The van der Waals surface area contributed by atoms with Gasteiger partial charge in [0.15, 0.2) is 0 Å². The van der Waals surface area contributed by atoms with Crippen LogP contribution in [0.3, 0.4) is 0 Å². The number of fused-ring (bicyclic) bond motifs is 1. The highest BCUT2D eigenvalue weighted by Crippen LogP contribution is 2.20. The largest absolute Gasteiger partial charge is 0.303 e. The molecule has 2 aromatic heterocycles. The second kappa shape index (κ2) is 5.79. The van der Waals surface area contributed by atoms with Gasteiger partial charge in [0.25, 0.3) is 0 Å². The molecule has 1 unspecified atom stereocenters. The summed E-state index contributed by atoms with van der Waals surface area (Å²) in [6, 6.07) is 11.7. The summed E-state index contributed by atoms with van der Waals surface area (Å²) in [5.74, 6) is -0.237. The third kappa shape index (κ3) is 2.94. The number of nitrogens with zero attached hydrogens (tertiary/aromatic N) is 3. The van der Waals surface area contributed by atoms with Gasteiger partial charge in [-0.05, 0) is 43.2 Å². The standard InChI is InChI=1S/C17H15N3O/c1-12-3-2-4-15(20-12)14(11-21)9-13-5-6-16-17(10-13)19-8-7-18-16/h2-8,10-11,14H,9H2,1H3. The van der Waals surface area contributed by atoms with E-state index in [-0.39, 0.29) is 5.92 Å². The van der Waals surface area contributed by atoms with Crippen molar-refractivity contribution in [3.63, 3.8) is 0 Å². The summed E-state index contributed by atoms with van der Waals surface area (Å²) >= 11 is 0. The minimum absolute atomic E-state index is 0.237.